The molecule has 2 heterocycles. The second-order valence-electron chi connectivity index (χ2n) is 4.91. The Labute approximate surface area is 123 Å². The van der Waals surface area contributed by atoms with Crippen LogP contribution in [-0.4, -0.2) is 24.6 Å². The molecule has 3 nitrogen and oxygen atoms in total. The van der Waals surface area contributed by atoms with Gasteiger partial charge in [-0.05, 0) is 17.9 Å². The maximum absolute atomic E-state index is 4.67. The van der Waals surface area contributed by atoms with Crippen molar-refractivity contribution in [1.82, 2.24) is 10.3 Å². The topological polar surface area (TPSA) is 28.2 Å². The molecule has 0 atom stereocenters. The second kappa shape index (κ2) is 7.03. The first-order chi connectivity index (χ1) is 9.15. The van der Waals surface area contributed by atoms with Crippen LogP contribution in [0.15, 0.2) is 22.9 Å². The van der Waals surface area contributed by atoms with Gasteiger partial charge in [-0.15, -0.1) is 22.7 Å². The molecular formula is C14H21N3S2. The van der Waals surface area contributed by atoms with Crippen LogP contribution in [0.4, 0.5) is 5.13 Å². The molecule has 0 aliphatic carbocycles. The molecule has 0 radical (unpaired) electrons. The van der Waals surface area contributed by atoms with E-state index in [1.165, 1.54) is 4.88 Å². The van der Waals surface area contributed by atoms with Gasteiger partial charge in [0.15, 0.2) is 5.13 Å². The number of anilines is 1. The maximum Gasteiger partial charge on any atom is 0.185 e. The smallest absolute Gasteiger partial charge is 0.185 e. The number of aromatic nitrogens is 1. The highest BCUT2D eigenvalue weighted by Crippen LogP contribution is 2.20. The minimum Gasteiger partial charge on any atom is -0.351 e. The van der Waals surface area contributed by atoms with E-state index < -0.39 is 0 Å². The summed E-state index contributed by atoms with van der Waals surface area (Å²) in [5.41, 5.74) is 1.14. The van der Waals surface area contributed by atoms with Gasteiger partial charge in [0.05, 0.1) is 5.69 Å². The highest BCUT2D eigenvalue weighted by molar-refractivity contribution is 7.13. The van der Waals surface area contributed by atoms with Crippen molar-refractivity contribution >= 4 is 27.8 Å². The fourth-order valence-corrected chi connectivity index (χ4v) is 3.21. The monoisotopic (exact) mass is 295 g/mol. The number of likely N-dealkylation sites (N-methyl/N-ethyl adjacent to an activating group) is 1. The molecule has 2 aromatic heterocycles. The largest absolute Gasteiger partial charge is 0.351 e. The standard InChI is InChI=1S/C14H21N3S2/c1-11(2)15-9-12-10-19-14(16-12)17(3)7-6-13-5-4-8-18-13/h4-5,8,10-11,15H,6-7,9H2,1-3H3. The Balaban J connectivity index is 1.83. The summed E-state index contributed by atoms with van der Waals surface area (Å²) in [6, 6.07) is 4.80. The van der Waals surface area contributed by atoms with Gasteiger partial charge < -0.3 is 10.2 Å². The van der Waals surface area contributed by atoms with Crippen molar-refractivity contribution < 1.29 is 0 Å². The van der Waals surface area contributed by atoms with Crippen LogP contribution >= 0.6 is 22.7 Å². The van der Waals surface area contributed by atoms with E-state index in [0.717, 1.165) is 30.3 Å². The number of nitrogens with one attached hydrogen (secondary N) is 1. The van der Waals surface area contributed by atoms with Crippen LogP contribution in [-0.2, 0) is 13.0 Å². The van der Waals surface area contributed by atoms with Crippen LogP contribution in [0.5, 0.6) is 0 Å². The fourth-order valence-electron chi connectivity index (χ4n) is 1.69. The summed E-state index contributed by atoms with van der Waals surface area (Å²) < 4.78 is 0. The van der Waals surface area contributed by atoms with Crippen LogP contribution < -0.4 is 10.2 Å². The lowest BCUT2D eigenvalue weighted by molar-refractivity contribution is 0.583. The predicted octanol–water partition coefficient (Wildman–Crippen LogP) is 3.38. The van der Waals surface area contributed by atoms with Crippen LogP contribution in [0.2, 0.25) is 0 Å². The van der Waals surface area contributed by atoms with E-state index in [1.54, 1.807) is 11.3 Å². The molecule has 1 N–H and O–H groups in total. The molecule has 0 fully saturated rings. The number of rotatable bonds is 7. The third-order valence-corrected chi connectivity index (χ3v) is 4.77. The number of thiophene rings is 1. The van der Waals surface area contributed by atoms with E-state index in [4.69, 9.17) is 0 Å². The first-order valence-corrected chi connectivity index (χ1v) is 8.32. The summed E-state index contributed by atoms with van der Waals surface area (Å²) in [6.07, 6.45) is 1.09. The Morgan fingerprint density at radius 1 is 1.37 bits per heavy atom. The predicted molar refractivity (Wildman–Crippen MR) is 85.4 cm³/mol. The summed E-state index contributed by atoms with van der Waals surface area (Å²) in [4.78, 5) is 8.34. The Kier molecular flexibility index (Phi) is 5.36. The van der Waals surface area contributed by atoms with Gasteiger partial charge in [-0.3, -0.25) is 0 Å². The van der Waals surface area contributed by atoms with Crippen molar-refractivity contribution in [1.29, 1.82) is 0 Å². The Hall–Kier alpha value is -0.910. The molecule has 5 heteroatoms. The Bertz CT molecular complexity index is 477. The summed E-state index contributed by atoms with van der Waals surface area (Å²) in [6.45, 7) is 6.18. The Morgan fingerprint density at radius 2 is 2.21 bits per heavy atom. The van der Waals surface area contributed by atoms with Gasteiger partial charge >= 0.3 is 0 Å². The SMILES string of the molecule is CC(C)NCc1csc(N(C)CCc2cccs2)n1. The van der Waals surface area contributed by atoms with Gasteiger partial charge in [0.1, 0.15) is 0 Å². The lowest BCUT2D eigenvalue weighted by Gasteiger charge is -2.14. The average molecular weight is 295 g/mol. The highest BCUT2D eigenvalue weighted by atomic mass is 32.1. The molecular weight excluding hydrogens is 274 g/mol. The van der Waals surface area contributed by atoms with Crippen molar-refractivity contribution in [3.8, 4) is 0 Å². The summed E-state index contributed by atoms with van der Waals surface area (Å²) >= 11 is 3.55. The average Bonchev–Trinajstić information content (AvgIpc) is 3.04. The Morgan fingerprint density at radius 3 is 2.89 bits per heavy atom. The molecule has 0 bridgehead atoms. The van der Waals surface area contributed by atoms with Gasteiger partial charge in [0.25, 0.3) is 0 Å². The van der Waals surface area contributed by atoms with Crippen molar-refractivity contribution in [3.63, 3.8) is 0 Å². The summed E-state index contributed by atoms with van der Waals surface area (Å²) in [5.74, 6) is 0. The van der Waals surface area contributed by atoms with E-state index in [1.807, 2.05) is 11.3 Å². The lowest BCUT2D eigenvalue weighted by atomic mass is 10.3. The molecule has 2 rings (SSSR count). The van der Waals surface area contributed by atoms with Gasteiger partial charge in [-0.25, -0.2) is 4.98 Å². The minimum absolute atomic E-state index is 0.502. The van der Waals surface area contributed by atoms with E-state index in [-0.39, 0.29) is 0 Å². The molecule has 0 aliphatic rings. The molecule has 104 valence electrons. The van der Waals surface area contributed by atoms with Crippen LogP contribution in [0, 0.1) is 0 Å². The third kappa shape index (κ3) is 4.60. The molecule has 0 aromatic carbocycles. The zero-order chi connectivity index (χ0) is 13.7. The van der Waals surface area contributed by atoms with Gasteiger partial charge in [-0.1, -0.05) is 19.9 Å². The molecule has 19 heavy (non-hydrogen) atoms. The van der Waals surface area contributed by atoms with Crippen molar-refractivity contribution in [2.75, 3.05) is 18.5 Å². The summed E-state index contributed by atoms with van der Waals surface area (Å²) in [5, 5.41) is 8.78. The van der Waals surface area contributed by atoms with Gasteiger partial charge in [0, 0.05) is 36.4 Å². The van der Waals surface area contributed by atoms with E-state index >= 15 is 0 Å². The number of thiazole rings is 1. The molecule has 2 aromatic rings. The molecule has 0 saturated carbocycles. The number of nitrogens with zero attached hydrogens (tertiary/aromatic N) is 2. The van der Waals surface area contributed by atoms with E-state index in [9.17, 15) is 0 Å². The molecule has 0 aliphatic heterocycles. The zero-order valence-corrected chi connectivity index (χ0v) is 13.4. The van der Waals surface area contributed by atoms with Crippen molar-refractivity contribution in [2.45, 2.75) is 32.9 Å². The van der Waals surface area contributed by atoms with Crippen LogP contribution in [0.1, 0.15) is 24.4 Å². The van der Waals surface area contributed by atoms with Crippen molar-refractivity contribution in [3.05, 3.63) is 33.5 Å². The quantitative estimate of drug-likeness (QED) is 0.849. The molecule has 0 saturated heterocycles. The first-order valence-electron chi connectivity index (χ1n) is 6.56. The van der Waals surface area contributed by atoms with Crippen LogP contribution in [0.3, 0.4) is 0 Å². The number of hydrogen-bond donors (Lipinski definition) is 1. The molecule has 0 spiro atoms. The molecule has 0 unspecified atom stereocenters. The maximum atomic E-state index is 4.67. The fraction of sp³-hybridized carbons (Fsp3) is 0.500. The summed E-state index contributed by atoms with van der Waals surface area (Å²) in [7, 11) is 2.12. The lowest BCUT2D eigenvalue weighted by Crippen LogP contribution is -2.22. The van der Waals surface area contributed by atoms with Gasteiger partial charge in [0.2, 0.25) is 0 Å². The molecule has 0 amide bonds. The van der Waals surface area contributed by atoms with E-state index in [2.05, 4.69) is 59.0 Å². The minimum atomic E-state index is 0.502. The highest BCUT2D eigenvalue weighted by Gasteiger charge is 2.07. The second-order valence-corrected chi connectivity index (χ2v) is 6.78. The third-order valence-electron chi connectivity index (χ3n) is 2.83. The number of hydrogen-bond acceptors (Lipinski definition) is 5. The van der Waals surface area contributed by atoms with Crippen molar-refractivity contribution in [2.24, 2.45) is 0 Å². The van der Waals surface area contributed by atoms with E-state index in [0.29, 0.717) is 6.04 Å². The van der Waals surface area contributed by atoms with Crippen LogP contribution in [0.25, 0.3) is 0 Å². The zero-order valence-electron chi connectivity index (χ0n) is 11.7. The first kappa shape index (κ1) is 14.5. The van der Waals surface area contributed by atoms with Gasteiger partial charge in [-0.2, -0.15) is 0 Å². The normalized spacial score (nSPS) is 11.2.